The zero-order valence-electron chi connectivity index (χ0n) is 10.1. The van der Waals surface area contributed by atoms with Gasteiger partial charge in [0.1, 0.15) is 11.6 Å². The van der Waals surface area contributed by atoms with Crippen LogP contribution in [0.25, 0.3) is 0 Å². The average Bonchev–Trinajstić information content (AvgIpc) is 2.38. The van der Waals surface area contributed by atoms with Gasteiger partial charge in [0, 0.05) is 17.6 Å². The Morgan fingerprint density at radius 2 is 2.22 bits per heavy atom. The lowest BCUT2D eigenvalue weighted by Gasteiger charge is -2.05. The van der Waals surface area contributed by atoms with E-state index < -0.39 is 0 Å². The first-order chi connectivity index (χ1) is 8.69. The molecule has 0 bridgehead atoms. The Morgan fingerprint density at radius 3 is 2.94 bits per heavy atom. The molecule has 0 saturated heterocycles. The van der Waals surface area contributed by atoms with Gasteiger partial charge < -0.3 is 5.73 Å². The van der Waals surface area contributed by atoms with Gasteiger partial charge in [-0.25, -0.2) is 14.4 Å². The van der Waals surface area contributed by atoms with Gasteiger partial charge >= 0.3 is 0 Å². The molecule has 0 fully saturated rings. The maximum atomic E-state index is 13.0. The van der Waals surface area contributed by atoms with Gasteiger partial charge in [0.05, 0.1) is 11.4 Å². The van der Waals surface area contributed by atoms with Crippen LogP contribution in [0.5, 0.6) is 0 Å². The fourth-order valence-electron chi connectivity index (χ4n) is 1.50. The molecule has 0 unspecified atom stereocenters. The molecular formula is C13H14FN3S. The molecule has 0 radical (unpaired) electrons. The SMILES string of the molecule is Cc1cnc(CSc2cccc(F)c2)nc1CN. The number of thioether (sulfide) groups is 1. The van der Waals surface area contributed by atoms with Gasteiger partial charge in [-0.1, -0.05) is 6.07 Å². The third-order valence-corrected chi connectivity index (χ3v) is 3.47. The minimum atomic E-state index is -0.229. The lowest BCUT2D eigenvalue weighted by atomic mass is 10.2. The van der Waals surface area contributed by atoms with Gasteiger partial charge in [0.15, 0.2) is 0 Å². The molecule has 0 spiro atoms. The van der Waals surface area contributed by atoms with E-state index in [0.29, 0.717) is 12.3 Å². The second kappa shape index (κ2) is 5.93. The summed E-state index contributed by atoms with van der Waals surface area (Å²) in [7, 11) is 0. The fraction of sp³-hybridized carbons (Fsp3) is 0.231. The van der Waals surface area contributed by atoms with E-state index in [1.807, 2.05) is 13.0 Å². The summed E-state index contributed by atoms with van der Waals surface area (Å²) in [6, 6.07) is 6.49. The van der Waals surface area contributed by atoms with Crippen molar-refractivity contribution in [1.29, 1.82) is 0 Å². The summed E-state index contributed by atoms with van der Waals surface area (Å²) in [6.07, 6.45) is 1.77. The van der Waals surface area contributed by atoms with Crippen molar-refractivity contribution in [2.45, 2.75) is 24.1 Å². The number of hydrogen-bond acceptors (Lipinski definition) is 4. The maximum Gasteiger partial charge on any atom is 0.138 e. The van der Waals surface area contributed by atoms with Crippen molar-refractivity contribution < 1.29 is 4.39 Å². The van der Waals surface area contributed by atoms with Crippen molar-refractivity contribution >= 4 is 11.8 Å². The second-order valence-corrected chi connectivity index (χ2v) is 4.91. The molecule has 2 rings (SSSR count). The van der Waals surface area contributed by atoms with Gasteiger partial charge in [0.2, 0.25) is 0 Å². The summed E-state index contributed by atoms with van der Waals surface area (Å²) in [5, 5.41) is 0. The van der Waals surface area contributed by atoms with Crippen LogP contribution in [0, 0.1) is 12.7 Å². The third kappa shape index (κ3) is 3.27. The van der Waals surface area contributed by atoms with Crippen molar-refractivity contribution in [3.8, 4) is 0 Å². The van der Waals surface area contributed by atoms with Gasteiger partial charge in [-0.3, -0.25) is 0 Å². The number of nitrogens with zero attached hydrogens (tertiary/aromatic N) is 2. The molecule has 0 amide bonds. The fourth-order valence-corrected chi connectivity index (χ4v) is 2.31. The molecule has 1 aromatic carbocycles. The Morgan fingerprint density at radius 1 is 1.39 bits per heavy atom. The number of nitrogens with two attached hydrogens (primary N) is 1. The van der Waals surface area contributed by atoms with Gasteiger partial charge in [-0.15, -0.1) is 11.8 Å². The molecule has 0 aliphatic rings. The molecule has 2 N–H and O–H groups in total. The number of halogens is 1. The standard InChI is InChI=1S/C13H14FN3S/c1-9-7-16-13(17-12(9)6-15)8-18-11-4-2-3-10(14)5-11/h2-5,7H,6,8,15H2,1H3. The molecule has 94 valence electrons. The molecule has 3 nitrogen and oxygen atoms in total. The molecule has 1 heterocycles. The van der Waals surface area contributed by atoms with Gasteiger partial charge in [-0.05, 0) is 30.7 Å². The molecule has 0 saturated carbocycles. The number of benzene rings is 1. The van der Waals surface area contributed by atoms with E-state index in [1.54, 1.807) is 12.3 Å². The van der Waals surface area contributed by atoms with Crippen LogP contribution in [0.2, 0.25) is 0 Å². The minimum Gasteiger partial charge on any atom is -0.325 e. The van der Waals surface area contributed by atoms with Crippen molar-refractivity contribution in [3.63, 3.8) is 0 Å². The summed E-state index contributed by atoms with van der Waals surface area (Å²) in [5.74, 6) is 1.10. The summed E-state index contributed by atoms with van der Waals surface area (Å²) in [5.41, 5.74) is 7.46. The first-order valence-electron chi connectivity index (χ1n) is 5.59. The average molecular weight is 263 g/mol. The first-order valence-corrected chi connectivity index (χ1v) is 6.57. The summed E-state index contributed by atoms with van der Waals surface area (Å²) in [4.78, 5) is 9.49. The van der Waals surface area contributed by atoms with Crippen molar-refractivity contribution in [1.82, 2.24) is 9.97 Å². The first kappa shape index (κ1) is 13.0. The van der Waals surface area contributed by atoms with Crippen molar-refractivity contribution in [2.24, 2.45) is 5.73 Å². The maximum absolute atomic E-state index is 13.0. The van der Waals surface area contributed by atoms with Crippen LogP contribution in [0.3, 0.4) is 0 Å². The lowest BCUT2D eigenvalue weighted by Crippen LogP contribution is -2.06. The Labute approximate surface area is 110 Å². The van der Waals surface area contributed by atoms with Gasteiger partial charge in [0.25, 0.3) is 0 Å². The third-order valence-electron chi connectivity index (χ3n) is 2.48. The molecule has 0 aliphatic carbocycles. The lowest BCUT2D eigenvalue weighted by molar-refractivity contribution is 0.624. The van der Waals surface area contributed by atoms with Crippen LogP contribution >= 0.6 is 11.8 Å². The predicted molar refractivity (Wildman–Crippen MR) is 70.6 cm³/mol. The van der Waals surface area contributed by atoms with Crippen LogP contribution in [0.15, 0.2) is 35.4 Å². The van der Waals surface area contributed by atoms with Crippen molar-refractivity contribution in [3.05, 3.63) is 53.4 Å². The van der Waals surface area contributed by atoms with E-state index in [1.165, 1.54) is 23.9 Å². The highest BCUT2D eigenvalue weighted by Crippen LogP contribution is 2.22. The molecule has 5 heteroatoms. The summed E-state index contributed by atoms with van der Waals surface area (Å²) in [6.45, 7) is 2.34. The molecule has 18 heavy (non-hydrogen) atoms. The Balaban J connectivity index is 2.06. The molecule has 1 aromatic heterocycles. The number of rotatable bonds is 4. The topological polar surface area (TPSA) is 51.8 Å². The van der Waals surface area contributed by atoms with Gasteiger partial charge in [-0.2, -0.15) is 0 Å². The van der Waals surface area contributed by atoms with Crippen LogP contribution < -0.4 is 5.73 Å². The zero-order valence-corrected chi connectivity index (χ0v) is 10.9. The monoisotopic (exact) mass is 263 g/mol. The largest absolute Gasteiger partial charge is 0.325 e. The van der Waals surface area contributed by atoms with E-state index in [0.717, 1.165) is 22.0 Å². The molecule has 0 atom stereocenters. The summed E-state index contributed by atoms with van der Waals surface area (Å²) >= 11 is 1.51. The molecule has 0 aliphatic heterocycles. The zero-order chi connectivity index (χ0) is 13.0. The highest BCUT2D eigenvalue weighted by atomic mass is 32.2. The Hall–Kier alpha value is -1.46. The minimum absolute atomic E-state index is 0.229. The summed E-state index contributed by atoms with van der Waals surface area (Å²) < 4.78 is 13.0. The number of aryl methyl sites for hydroxylation is 1. The van der Waals surface area contributed by atoms with Crippen LogP contribution in [-0.4, -0.2) is 9.97 Å². The van der Waals surface area contributed by atoms with E-state index in [-0.39, 0.29) is 5.82 Å². The number of aromatic nitrogens is 2. The highest BCUT2D eigenvalue weighted by molar-refractivity contribution is 7.98. The van der Waals surface area contributed by atoms with Crippen LogP contribution in [0.1, 0.15) is 17.1 Å². The normalized spacial score (nSPS) is 10.6. The second-order valence-electron chi connectivity index (χ2n) is 3.87. The quantitative estimate of drug-likeness (QED) is 0.862. The molecule has 2 aromatic rings. The highest BCUT2D eigenvalue weighted by Gasteiger charge is 2.04. The smallest absolute Gasteiger partial charge is 0.138 e. The van der Waals surface area contributed by atoms with E-state index >= 15 is 0 Å². The van der Waals surface area contributed by atoms with Crippen molar-refractivity contribution in [2.75, 3.05) is 0 Å². The van der Waals surface area contributed by atoms with Crippen LogP contribution in [0.4, 0.5) is 4.39 Å². The predicted octanol–water partition coefficient (Wildman–Crippen LogP) is 2.68. The number of hydrogen-bond donors (Lipinski definition) is 1. The van der Waals surface area contributed by atoms with Crippen LogP contribution in [-0.2, 0) is 12.3 Å². The van der Waals surface area contributed by atoms with E-state index in [9.17, 15) is 4.39 Å². The Bertz CT molecular complexity index is 546. The molecular weight excluding hydrogens is 249 g/mol. The Kier molecular flexibility index (Phi) is 4.28. The van der Waals surface area contributed by atoms with E-state index in [4.69, 9.17) is 5.73 Å². The van der Waals surface area contributed by atoms with E-state index in [2.05, 4.69) is 9.97 Å².